The van der Waals surface area contributed by atoms with E-state index in [2.05, 4.69) is 5.32 Å². The third-order valence-corrected chi connectivity index (χ3v) is 5.42. The van der Waals surface area contributed by atoms with Gasteiger partial charge in [0.05, 0.1) is 24.5 Å². The normalized spacial score (nSPS) is 10.9. The predicted molar refractivity (Wildman–Crippen MR) is 114 cm³/mol. The quantitative estimate of drug-likeness (QED) is 0.638. The minimum atomic E-state index is -3.73. The van der Waals surface area contributed by atoms with Crippen LogP contribution in [-0.4, -0.2) is 38.3 Å². The van der Waals surface area contributed by atoms with Crippen LogP contribution in [0.1, 0.15) is 31.9 Å². The number of hydrogen-bond donors (Lipinski definition) is 1. The third-order valence-electron chi connectivity index (χ3n) is 4.28. The summed E-state index contributed by atoms with van der Waals surface area (Å²) < 4.78 is 34.1. The number of nitrogens with zero attached hydrogens (tertiary/aromatic N) is 2. The summed E-state index contributed by atoms with van der Waals surface area (Å²) >= 11 is 0. The van der Waals surface area contributed by atoms with Crippen LogP contribution in [0.3, 0.4) is 0 Å². The molecule has 0 saturated heterocycles. The van der Waals surface area contributed by atoms with Crippen LogP contribution in [0.4, 0.5) is 10.5 Å². The monoisotopic (exact) mass is 431 g/mol. The van der Waals surface area contributed by atoms with Gasteiger partial charge in [0, 0.05) is 18.3 Å². The predicted octanol–water partition coefficient (Wildman–Crippen LogP) is 3.74. The molecule has 160 valence electrons. The van der Waals surface area contributed by atoms with Crippen LogP contribution in [0.2, 0.25) is 0 Å². The van der Waals surface area contributed by atoms with E-state index in [0.29, 0.717) is 16.8 Å². The molecule has 0 bridgehead atoms. The molecule has 0 spiro atoms. The summed E-state index contributed by atoms with van der Waals surface area (Å²) in [5.41, 5.74) is 1.63. The summed E-state index contributed by atoms with van der Waals surface area (Å²) in [6, 6.07) is 13.1. The number of nitriles is 1. The van der Waals surface area contributed by atoms with E-state index in [4.69, 9.17) is 14.2 Å². The van der Waals surface area contributed by atoms with Gasteiger partial charge in [-0.05, 0) is 56.7 Å². The van der Waals surface area contributed by atoms with Crippen molar-refractivity contribution < 1.29 is 22.1 Å². The molecule has 8 nitrogen and oxygen atoms in total. The highest BCUT2D eigenvalue weighted by molar-refractivity contribution is 7.87. The summed E-state index contributed by atoms with van der Waals surface area (Å²) in [5.74, 6) is 0.176. The number of anilines is 1. The number of amides is 2. The molecule has 2 aromatic carbocycles. The average Bonchev–Trinajstić information content (AvgIpc) is 2.71. The zero-order valence-electron chi connectivity index (χ0n) is 17.4. The van der Waals surface area contributed by atoms with E-state index in [9.17, 15) is 13.2 Å². The van der Waals surface area contributed by atoms with Crippen molar-refractivity contribution in [3.63, 3.8) is 0 Å². The molecule has 30 heavy (non-hydrogen) atoms. The van der Waals surface area contributed by atoms with E-state index in [0.717, 1.165) is 0 Å². The molecule has 2 rings (SSSR count). The Labute approximate surface area is 177 Å². The Kier molecular flexibility index (Phi) is 7.66. The number of carbonyl (C=O) groups is 1. The Morgan fingerprint density at radius 2 is 1.93 bits per heavy atom. The molecule has 0 saturated carbocycles. The van der Waals surface area contributed by atoms with Crippen LogP contribution in [-0.2, 0) is 16.7 Å². The van der Waals surface area contributed by atoms with Crippen molar-refractivity contribution in [2.24, 2.45) is 0 Å². The molecule has 0 aliphatic rings. The maximum absolute atomic E-state index is 12.8. The van der Waals surface area contributed by atoms with Crippen molar-refractivity contribution in [3.05, 3.63) is 53.6 Å². The lowest BCUT2D eigenvalue weighted by atomic mass is 10.1. The largest absolute Gasteiger partial charge is 0.493 e. The van der Waals surface area contributed by atoms with E-state index >= 15 is 0 Å². The highest BCUT2D eigenvalue weighted by atomic mass is 32.2. The standard InChI is InChI=1S/C21H25N3O5S/c1-5-30(26,27)29-20-12-17(9-10-19(20)28-4)14-24(15(2)3)21(25)23-18-8-6-7-16(11-18)13-22/h6-12,15H,5,14H2,1-4H3,(H,23,25). The summed E-state index contributed by atoms with van der Waals surface area (Å²) in [4.78, 5) is 14.4. The van der Waals surface area contributed by atoms with Gasteiger partial charge in [0.2, 0.25) is 0 Å². The fourth-order valence-electron chi connectivity index (χ4n) is 2.63. The Balaban J connectivity index is 2.25. The fraction of sp³-hybridized carbons (Fsp3) is 0.333. The molecule has 0 heterocycles. The molecule has 0 fully saturated rings. The van der Waals surface area contributed by atoms with Crippen LogP contribution >= 0.6 is 0 Å². The van der Waals surface area contributed by atoms with Crippen molar-refractivity contribution in [1.82, 2.24) is 4.90 Å². The van der Waals surface area contributed by atoms with Crippen molar-refractivity contribution in [2.45, 2.75) is 33.4 Å². The van der Waals surface area contributed by atoms with Gasteiger partial charge in [-0.15, -0.1) is 0 Å². The number of benzene rings is 2. The number of ether oxygens (including phenoxy) is 1. The second kappa shape index (κ2) is 9.98. The molecule has 2 aromatic rings. The van der Waals surface area contributed by atoms with Gasteiger partial charge >= 0.3 is 16.1 Å². The maximum Gasteiger partial charge on any atom is 0.322 e. The first-order valence-corrected chi connectivity index (χ1v) is 10.9. The van der Waals surface area contributed by atoms with Crippen molar-refractivity contribution in [2.75, 3.05) is 18.2 Å². The summed E-state index contributed by atoms with van der Waals surface area (Å²) in [5, 5.41) is 11.8. The van der Waals surface area contributed by atoms with Gasteiger partial charge in [0.15, 0.2) is 11.5 Å². The fourth-order valence-corrected chi connectivity index (χ4v) is 3.15. The Bertz CT molecular complexity index is 1040. The van der Waals surface area contributed by atoms with E-state index in [1.54, 1.807) is 47.4 Å². The zero-order valence-corrected chi connectivity index (χ0v) is 18.2. The van der Waals surface area contributed by atoms with E-state index in [1.165, 1.54) is 14.0 Å². The number of carbonyl (C=O) groups excluding carboxylic acids is 1. The Morgan fingerprint density at radius 3 is 2.53 bits per heavy atom. The SMILES string of the molecule is CCS(=O)(=O)Oc1cc(CN(C(=O)Nc2cccc(C#N)c2)C(C)C)ccc1OC. The topological polar surface area (TPSA) is 109 Å². The summed E-state index contributed by atoms with van der Waals surface area (Å²) in [6.07, 6.45) is 0. The first-order valence-electron chi connectivity index (χ1n) is 9.36. The van der Waals surface area contributed by atoms with Gasteiger partial charge in [-0.2, -0.15) is 13.7 Å². The minimum absolute atomic E-state index is 0.0719. The van der Waals surface area contributed by atoms with Crippen LogP contribution in [0, 0.1) is 11.3 Å². The Hall–Kier alpha value is -3.25. The molecule has 9 heteroatoms. The van der Waals surface area contributed by atoms with E-state index in [1.807, 2.05) is 19.9 Å². The molecule has 0 radical (unpaired) electrons. The molecule has 0 atom stereocenters. The molecule has 1 N–H and O–H groups in total. The Morgan fingerprint density at radius 1 is 1.20 bits per heavy atom. The van der Waals surface area contributed by atoms with Crippen LogP contribution in [0.15, 0.2) is 42.5 Å². The summed E-state index contributed by atoms with van der Waals surface area (Å²) in [6.45, 7) is 5.44. The minimum Gasteiger partial charge on any atom is -0.493 e. The highest BCUT2D eigenvalue weighted by Crippen LogP contribution is 2.30. The molecule has 0 aliphatic carbocycles. The highest BCUT2D eigenvalue weighted by Gasteiger charge is 2.20. The first-order chi connectivity index (χ1) is 14.2. The van der Waals surface area contributed by atoms with E-state index in [-0.39, 0.29) is 35.9 Å². The zero-order chi connectivity index (χ0) is 22.3. The maximum atomic E-state index is 12.8. The van der Waals surface area contributed by atoms with Gasteiger partial charge in [0.1, 0.15) is 0 Å². The number of nitrogens with one attached hydrogen (secondary N) is 1. The summed E-state index contributed by atoms with van der Waals surface area (Å²) in [7, 11) is -2.31. The molecule has 0 aliphatic heterocycles. The smallest absolute Gasteiger partial charge is 0.322 e. The lowest BCUT2D eigenvalue weighted by Gasteiger charge is -2.27. The number of urea groups is 1. The number of rotatable bonds is 8. The van der Waals surface area contributed by atoms with Crippen molar-refractivity contribution in [3.8, 4) is 17.6 Å². The second-order valence-corrected chi connectivity index (χ2v) is 8.62. The van der Waals surface area contributed by atoms with Crippen LogP contribution < -0.4 is 14.2 Å². The van der Waals surface area contributed by atoms with Crippen molar-refractivity contribution in [1.29, 1.82) is 5.26 Å². The van der Waals surface area contributed by atoms with E-state index < -0.39 is 10.1 Å². The number of hydrogen-bond acceptors (Lipinski definition) is 6. The second-order valence-electron chi connectivity index (χ2n) is 6.76. The van der Waals surface area contributed by atoms with Gasteiger partial charge in [-0.25, -0.2) is 4.79 Å². The molecule has 0 aromatic heterocycles. The lowest BCUT2D eigenvalue weighted by molar-refractivity contribution is 0.193. The average molecular weight is 432 g/mol. The molecule has 2 amide bonds. The molecular formula is C21H25N3O5S. The van der Waals surface area contributed by atoms with Gasteiger partial charge in [0.25, 0.3) is 0 Å². The lowest BCUT2D eigenvalue weighted by Crippen LogP contribution is -2.39. The van der Waals surface area contributed by atoms with Crippen LogP contribution in [0.25, 0.3) is 0 Å². The third kappa shape index (κ3) is 6.12. The number of methoxy groups -OCH3 is 1. The van der Waals surface area contributed by atoms with Gasteiger partial charge in [-0.1, -0.05) is 12.1 Å². The molecular weight excluding hydrogens is 406 g/mol. The molecule has 0 unspecified atom stereocenters. The van der Waals surface area contributed by atoms with Crippen molar-refractivity contribution >= 4 is 21.8 Å². The van der Waals surface area contributed by atoms with Gasteiger partial charge in [-0.3, -0.25) is 0 Å². The first kappa shape index (κ1) is 23.0. The van der Waals surface area contributed by atoms with Gasteiger partial charge < -0.3 is 19.1 Å². The van der Waals surface area contributed by atoms with Crippen LogP contribution in [0.5, 0.6) is 11.5 Å².